The fraction of sp³-hybridized carbons (Fsp3) is 0.368. The van der Waals surface area contributed by atoms with Crippen LogP contribution in [-0.4, -0.2) is 50.2 Å². The van der Waals surface area contributed by atoms with E-state index >= 15 is 0 Å². The molecule has 8 nitrogen and oxygen atoms in total. The van der Waals surface area contributed by atoms with Crippen LogP contribution in [0.15, 0.2) is 35.3 Å². The van der Waals surface area contributed by atoms with Gasteiger partial charge in [0.25, 0.3) is 0 Å². The van der Waals surface area contributed by atoms with E-state index in [1.807, 2.05) is 6.92 Å². The number of likely N-dealkylation sites (tertiary alicyclic amines) is 1. The number of benzene rings is 1. The van der Waals surface area contributed by atoms with Crippen LogP contribution in [0.3, 0.4) is 0 Å². The number of carbonyl (C=O) groups excluding carboxylic acids is 1. The second-order valence-corrected chi connectivity index (χ2v) is 6.73. The second kappa shape index (κ2) is 7.16. The highest BCUT2D eigenvalue weighted by Gasteiger charge is 2.34. The van der Waals surface area contributed by atoms with Crippen LogP contribution in [0.4, 0.5) is 9.18 Å². The molecule has 0 radical (unpaired) electrons. The molecular formula is C19H20FN5O3. The number of ether oxygens (including phenoxy) is 1. The number of halogens is 1. The molecule has 0 saturated carbocycles. The Morgan fingerprint density at radius 3 is 2.64 bits per heavy atom. The van der Waals surface area contributed by atoms with Crippen molar-refractivity contribution >= 4 is 17.2 Å². The quantitative estimate of drug-likeness (QED) is 0.686. The monoisotopic (exact) mass is 385 g/mol. The Bertz CT molecular complexity index is 1080. The molecule has 1 aliphatic rings. The molecule has 1 amide bonds. The topological polar surface area (TPSA) is 82.2 Å². The highest BCUT2D eigenvalue weighted by molar-refractivity contribution is 5.88. The van der Waals surface area contributed by atoms with Crippen molar-refractivity contribution in [3.05, 3.63) is 58.2 Å². The number of carbonyl (C=O) groups is 1. The van der Waals surface area contributed by atoms with Crippen LogP contribution in [0, 0.1) is 5.82 Å². The smallest absolute Gasteiger partial charge is 0.338 e. The minimum absolute atomic E-state index is 0.129. The Kier molecular flexibility index (Phi) is 4.68. The van der Waals surface area contributed by atoms with E-state index in [0.29, 0.717) is 36.6 Å². The van der Waals surface area contributed by atoms with Gasteiger partial charge in [0.2, 0.25) is 0 Å². The number of hydrogen-bond donors (Lipinski definition) is 0. The predicted molar refractivity (Wildman–Crippen MR) is 99.7 cm³/mol. The van der Waals surface area contributed by atoms with E-state index in [9.17, 15) is 14.0 Å². The second-order valence-electron chi connectivity index (χ2n) is 6.73. The summed E-state index contributed by atoms with van der Waals surface area (Å²) < 4.78 is 20.7. The third-order valence-electron chi connectivity index (χ3n) is 4.99. The summed E-state index contributed by atoms with van der Waals surface area (Å²) in [6.07, 6.45) is 1.49. The fourth-order valence-electron chi connectivity index (χ4n) is 3.46. The Hall–Kier alpha value is -3.07. The van der Waals surface area contributed by atoms with Gasteiger partial charge < -0.3 is 9.64 Å². The summed E-state index contributed by atoms with van der Waals surface area (Å²) in [4.78, 5) is 35.9. The molecule has 146 valence electrons. The number of hydrogen-bond acceptors (Lipinski definition) is 5. The molecule has 0 atom stereocenters. The number of fused-ring (bicyclic) bond motifs is 1. The normalized spacial score (nSPS) is 14.5. The molecule has 0 N–H and O–H groups in total. The van der Waals surface area contributed by atoms with Crippen molar-refractivity contribution in [3.8, 4) is 0 Å². The van der Waals surface area contributed by atoms with Crippen molar-refractivity contribution < 1.29 is 13.9 Å². The first kappa shape index (κ1) is 18.3. The number of aromatic nitrogens is 4. The summed E-state index contributed by atoms with van der Waals surface area (Å²) >= 11 is 0. The Labute approximate surface area is 160 Å². The molecule has 1 aliphatic heterocycles. The first-order chi connectivity index (χ1) is 13.5. The van der Waals surface area contributed by atoms with Crippen molar-refractivity contribution in [2.45, 2.75) is 26.0 Å². The molecule has 0 unspecified atom stereocenters. The van der Waals surface area contributed by atoms with Gasteiger partial charge in [-0.3, -0.25) is 4.57 Å². The lowest BCUT2D eigenvalue weighted by Gasteiger charge is -2.39. The van der Waals surface area contributed by atoms with E-state index in [1.165, 1.54) is 30.0 Å². The standard InChI is InChI=1S/C19H20FN5O3/c1-3-24-17-15(8-21-16(22-17)11-28-2)25(19(24)27)18(26)23-9-13(10-23)12-4-6-14(20)7-5-12/h4-8,13H,3,9-11H2,1-2H3. The predicted octanol–water partition coefficient (Wildman–Crippen LogP) is 1.97. The summed E-state index contributed by atoms with van der Waals surface area (Å²) in [5.74, 6) is 0.286. The van der Waals surface area contributed by atoms with Crippen molar-refractivity contribution in [1.82, 2.24) is 24.0 Å². The first-order valence-electron chi connectivity index (χ1n) is 9.04. The SMILES string of the molecule is CCn1c(=O)n(C(=O)N2CC(c3ccc(F)cc3)C2)c2cnc(COC)nc21. The molecule has 3 aromatic rings. The van der Waals surface area contributed by atoms with Gasteiger partial charge in [0, 0.05) is 32.7 Å². The number of rotatable bonds is 4. The van der Waals surface area contributed by atoms with Crippen molar-refractivity contribution in [1.29, 1.82) is 0 Å². The van der Waals surface area contributed by atoms with Crippen LogP contribution >= 0.6 is 0 Å². The van der Waals surface area contributed by atoms with Gasteiger partial charge >= 0.3 is 11.7 Å². The number of methoxy groups -OCH3 is 1. The van der Waals surface area contributed by atoms with E-state index in [4.69, 9.17) is 4.74 Å². The van der Waals surface area contributed by atoms with Gasteiger partial charge in [-0.2, -0.15) is 0 Å². The van der Waals surface area contributed by atoms with E-state index in [-0.39, 0.29) is 18.3 Å². The van der Waals surface area contributed by atoms with Gasteiger partial charge in [-0.25, -0.2) is 28.5 Å². The van der Waals surface area contributed by atoms with Crippen molar-refractivity contribution in [3.63, 3.8) is 0 Å². The van der Waals surface area contributed by atoms with Gasteiger partial charge in [0.1, 0.15) is 17.9 Å². The van der Waals surface area contributed by atoms with Crippen molar-refractivity contribution in [2.75, 3.05) is 20.2 Å². The molecule has 3 heterocycles. The summed E-state index contributed by atoms with van der Waals surface area (Å²) in [7, 11) is 1.54. The molecule has 0 bridgehead atoms. The van der Waals surface area contributed by atoms with Gasteiger partial charge in [-0.15, -0.1) is 0 Å². The highest BCUT2D eigenvalue weighted by Crippen LogP contribution is 2.28. The molecule has 1 saturated heterocycles. The van der Waals surface area contributed by atoms with Crippen LogP contribution in [0.25, 0.3) is 11.2 Å². The van der Waals surface area contributed by atoms with Gasteiger partial charge in [-0.1, -0.05) is 12.1 Å². The number of aryl methyl sites for hydroxylation is 1. The summed E-state index contributed by atoms with van der Waals surface area (Å²) in [6.45, 7) is 3.37. The van der Waals surface area contributed by atoms with Crippen LogP contribution in [0.1, 0.15) is 24.2 Å². The fourth-order valence-corrected chi connectivity index (χ4v) is 3.46. The van der Waals surface area contributed by atoms with Crippen molar-refractivity contribution in [2.24, 2.45) is 0 Å². The maximum atomic E-state index is 13.1. The van der Waals surface area contributed by atoms with E-state index in [2.05, 4.69) is 9.97 Å². The van der Waals surface area contributed by atoms with Gasteiger partial charge in [0.05, 0.1) is 6.20 Å². The molecule has 2 aromatic heterocycles. The first-order valence-corrected chi connectivity index (χ1v) is 9.04. The van der Waals surface area contributed by atoms with Crippen LogP contribution in [-0.2, 0) is 17.9 Å². The number of amides is 1. The zero-order valence-corrected chi connectivity index (χ0v) is 15.6. The van der Waals surface area contributed by atoms with Crippen LogP contribution in [0.2, 0.25) is 0 Å². The molecule has 4 rings (SSSR count). The molecule has 28 heavy (non-hydrogen) atoms. The lowest BCUT2D eigenvalue weighted by molar-refractivity contribution is 0.152. The maximum absolute atomic E-state index is 13.1. The minimum Gasteiger partial charge on any atom is -0.377 e. The third kappa shape index (κ3) is 2.97. The van der Waals surface area contributed by atoms with Gasteiger partial charge in [0.15, 0.2) is 11.5 Å². The third-order valence-corrected chi connectivity index (χ3v) is 4.99. The minimum atomic E-state index is -0.434. The molecular weight excluding hydrogens is 365 g/mol. The van der Waals surface area contributed by atoms with Gasteiger partial charge in [-0.05, 0) is 24.6 Å². The molecule has 1 fully saturated rings. The van der Waals surface area contributed by atoms with E-state index in [0.717, 1.165) is 10.1 Å². The zero-order chi connectivity index (χ0) is 19.8. The lowest BCUT2D eigenvalue weighted by Crippen LogP contribution is -2.52. The number of imidazole rings is 1. The summed E-state index contributed by atoms with van der Waals surface area (Å²) in [5.41, 5.74) is 1.33. The molecule has 1 aromatic carbocycles. The highest BCUT2D eigenvalue weighted by atomic mass is 19.1. The largest absolute Gasteiger partial charge is 0.377 e. The zero-order valence-electron chi connectivity index (χ0n) is 15.6. The molecule has 9 heteroatoms. The maximum Gasteiger partial charge on any atom is 0.338 e. The van der Waals surface area contributed by atoms with Crippen LogP contribution < -0.4 is 5.69 Å². The lowest BCUT2D eigenvalue weighted by atomic mass is 9.92. The Balaban J connectivity index is 1.62. The number of nitrogens with zero attached hydrogens (tertiary/aromatic N) is 5. The molecule has 0 aliphatic carbocycles. The summed E-state index contributed by atoms with van der Waals surface area (Å²) in [6, 6.07) is 5.87. The van der Waals surface area contributed by atoms with E-state index in [1.54, 1.807) is 17.0 Å². The summed E-state index contributed by atoms with van der Waals surface area (Å²) in [5, 5.41) is 0. The average Bonchev–Trinajstić information content (AvgIpc) is 2.92. The Morgan fingerprint density at radius 1 is 1.29 bits per heavy atom. The van der Waals surface area contributed by atoms with Crippen LogP contribution in [0.5, 0.6) is 0 Å². The molecule has 0 spiro atoms. The van der Waals surface area contributed by atoms with E-state index < -0.39 is 11.7 Å². The average molecular weight is 385 g/mol. The Morgan fingerprint density at radius 2 is 2.00 bits per heavy atom.